The van der Waals surface area contributed by atoms with Gasteiger partial charge in [0.2, 0.25) is 0 Å². The topological polar surface area (TPSA) is 49.8 Å². The SMILES string of the molecule is CCc1c(C2(C)CCCCC2)sc(C#N)c1N. The molecule has 0 unspecified atom stereocenters. The van der Waals surface area contributed by atoms with E-state index in [1.54, 1.807) is 11.3 Å². The van der Waals surface area contributed by atoms with Gasteiger partial charge in [-0.25, -0.2) is 0 Å². The van der Waals surface area contributed by atoms with Gasteiger partial charge < -0.3 is 5.73 Å². The highest BCUT2D eigenvalue weighted by molar-refractivity contribution is 7.13. The lowest BCUT2D eigenvalue weighted by Crippen LogP contribution is -2.25. The first kappa shape index (κ1) is 12.4. The highest BCUT2D eigenvalue weighted by Crippen LogP contribution is 2.46. The van der Waals surface area contributed by atoms with E-state index in [4.69, 9.17) is 11.0 Å². The first-order valence-electron chi connectivity index (χ1n) is 6.44. The molecule has 0 spiro atoms. The Morgan fingerprint density at radius 2 is 2.00 bits per heavy atom. The van der Waals surface area contributed by atoms with Crippen LogP contribution in [-0.4, -0.2) is 0 Å². The minimum absolute atomic E-state index is 0.261. The molecule has 0 aromatic carbocycles. The number of hydrogen-bond donors (Lipinski definition) is 1. The number of nitrogen functional groups attached to an aromatic ring is 1. The molecule has 1 aliphatic carbocycles. The fraction of sp³-hybridized carbons (Fsp3) is 0.643. The second-order valence-corrected chi connectivity index (χ2v) is 6.26. The molecule has 1 aliphatic rings. The Hall–Kier alpha value is -1.01. The number of rotatable bonds is 2. The van der Waals surface area contributed by atoms with Crippen LogP contribution in [0.2, 0.25) is 0 Å². The van der Waals surface area contributed by atoms with Crippen molar-refractivity contribution in [3.63, 3.8) is 0 Å². The Balaban J connectivity index is 2.47. The molecule has 2 nitrogen and oxygen atoms in total. The number of nitrogens with two attached hydrogens (primary N) is 1. The molecule has 1 heterocycles. The average Bonchev–Trinajstić information content (AvgIpc) is 2.67. The van der Waals surface area contributed by atoms with E-state index in [0.29, 0.717) is 4.88 Å². The number of nitrogens with zero attached hydrogens (tertiary/aromatic N) is 1. The van der Waals surface area contributed by atoms with Gasteiger partial charge in [-0.1, -0.05) is 33.1 Å². The largest absolute Gasteiger partial charge is 0.397 e. The Labute approximate surface area is 107 Å². The summed E-state index contributed by atoms with van der Waals surface area (Å²) in [7, 11) is 0. The number of hydrogen-bond acceptors (Lipinski definition) is 3. The van der Waals surface area contributed by atoms with Gasteiger partial charge in [-0.2, -0.15) is 5.26 Å². The summed E-state index contributed by atoms with van der Waals surface area (Å²) in [6, 6.07) is 2.24. The van der Waals surface area contributed by atoms with E-state index < -0.39 is 0 Å². The minimum Gasteiger partial charge on any atom is -0.397 e. The molecule has 2 N–H and O–H groups in total. The second kappa shape index (κ2) is 4.70. The van der Waals surface area contributed by atoms with Gasteiger partial charge in [-0.15, -0.1) is 11.3 Å². The van der Waals surface area contributed by atoms with Crippen LogP contribution in [-0.2, 0) is 11.8 Å². The van der Waals surface area contributed by atoms with Gasteiger partial charge in [-0.3, -0.25) is 0 Å². The van der Waals surface area contributed by atoms with Crippen LogP contribution in [0.3, 0.4) is 0 Å². The van der Waals surface area contributed by atoms with Gasteiger partial charge in [0.25, 0.3) is 0 Å². The van der Waals surface area contributed by atoms with E-state index in [9.17, 15) is 0 Å². The molecule has 1 aromatic rings. The van der Waals surface area contributed by atoms with Crippen LogP contribution < -0.4 is 5.73 Å². The summed E-state index contributed by atoms with van der Waals surface area (Å²) < 4.78 is 0. The van der Waals surface area contributed by atoms with E-state index >= 15 is 0 Å². The molecule has 17 heavy (non-hydrogen) atoms. The molecule has 92 valence electrons. The third-order valence-corrected chi connectivity index (χ3v) is 5.47. The number of anilines is 1. The minimum atomic E-state index is 0.261. The standard InChI is InChI=1S/C14H20N2S/c1-3-10-12(16)11(9-15)17-13(10)14(2)7-5-4-6-8-14/h3-8,16H2,1-2H3. The Bertz CT molecular complexity index is 448. The zero-order valence-corrected chi connectivity index (χ0v) is 11.5. The maximum absolute atomic E-state index is 9.11. The fourth-order valence-corrected chi connectivity index (χ4v) is 4.27. The monoisotopic (exact) mass is 248 g/mol. The van der Waals surface area contributed by atoms with Crippen molar-refractivity contribution >= 4 is 17.0 Å². The van der Waals surface area contributed by atoms with Crippen molar-refractivity contribution in [3.05, 3.63) is 15.3 Å². The summed E-state index contributed by atoms with van der Waals surface area (Å²) >= 11 is 1.63. The molecule has 0 amide bonds. The van der Waals surface area contributed by atoms with Crippen molar-refractivity contribution in [2.45, 2.75) is 57.8 Å². The lowest BCUT2D eigenvalue weighted by Gasteiger charge is -2.33. The molecule has 0 atom stereocenters. The lowest BCUT2D eigenvalue weighted by molar-refractivity contribution is 0.323. The Kier molecular flexibility index (Phi) is 3.44. The molecule has 0 bridgehead atoms. The number of thiophene rings is 1. The molecule has 1 aromatic heterocycles. The van der Waals surface area contributed by atoms with Crippen molar-refractivity contribution in [3.8, 4) is 6.07 Å². The van der Waals surface area contributed by atoms with E-state index in [1.807, 2.05) is 0 Å². The fourth-order valence-electron chi connectivity index (χ4n) is 2.96. The highest BCUT2D eigenvalue weighted by Gasteiger charge is 2.33. The van der Waals surface area contributed by atoms with E-state index in [2.05, 4.69) is 19.9 Å². The van der Waals surface area contributed by atoms with Gasteiger partial charge in [0.05, 0.1) is 5.69 Å². The quantitative estimate of drug-likeness (QED) is 0.860. The summed E-state index contributed by atoms with van der Waals surface area (Å²) in [5.41, 5.74) is 8.31. The van der Waals surface area contributed by atoms with Crippen molar-refractivity contribution < 1.29 is 0 Å². The summed E-state index contributed by atoms with van der Waals surface area (Å²) in [6.45, 7) is 4.48. The van der Waals surface area contributed by atoms with Crippen LogP contribution in [0.25, 0.3) is 0 Å². The highest BCUT2D eigenvalue weighted by atomic mass is 32.1. The summed E-state index contributed by atoms with van der Waals surface area (Å²) in [6.07, 6.45) is 7.38. The first-order chi connectivity index (χ1) is 8.12. The lowest BCUT2D eigenvalue weighted by atomic mass is 9.73. The van der Waals surface area contributed by atoms with Gasteiger partial charge in [0, 0.05) is 10.3 Å². The third-order valence-electron chi connectivity index (χ3n) is 4.01. The summed E-state index contributed by atoms with van der Waals surface area (Å²) in [5.74, 6) is 0. The number of nitriles is 1. The van der Waals surface area contributed by atoms with Crippen molar-refractivity contribution in [1.82, 2.24) is 0 Å². The van der Waals surface area contributed by atoms with Gasteiger partial charge >= 0.3 is 0 Å². The van der Waals surface area contributed by atoms with Crippen molar-refractivity contribution in [2.24, 2.45) is 0 Å². The summed E-state index contributed by atoms with van der Waals surface area (Å²) in [4.78, 5) is 2.09. The van der Waals surface area contributed by atoms with E-state index in [-0.39, 0.29) is 5.41 Å². The second-order valence-electron chi connectivity index (χ2n) is 5.24. The van der Waals surface area contributed by atoms with Gasteiger partial charge in [0.1, 0.15) is 10.9 Å². The van der Waals surface area contributed by atoms with Crippen LogP contribution in [0.1, 0.15) is 61.3 Å². The molecular formula is C14H20N2S. The molecule has 3 heteroatoms. The van der Waals surface area contributed by atoms with Crippen LogP contribution in [0.5, 0.6) is 0 Å². The maximum Gasteiger partial charge on any atom is 0.128 e. The predicted octanol–water partition coefficient (Wildman–Crippen LogP) is 3.99. The molecular weight excluding hydrogens is 228 g/mol. The predicted molar refractivity (Wildman–Crippen MR) is 73.3 cm³/mol. The zero-order valence-electron chi connectivity index (χ0n) is 10.7. The summed E-state index contributed by atoms with van der Waals surface area (Å²) in [5, 5.41) is 9.11. The van der Waals surface area contributed by atoms with Crippen LogP contribution in [0.4, 0.5) is 5.69 Å². The van der Waals surface area contributed by atoms with E-state index in [0.717, 1.165) is 12.1 Å². The van der Waals surface area contributed by atoms with Crippen molar-refractivity contribution in [2.75, 3.05) is 5.73 Å². The molecule has 0 saturated heterocycles. The molecule has 1 fully saturated rings. The first-order valence-corrected chi connectivity index (χ1v) is 7.25. The molecule has 2 rings (SSSR count). The average molecular weight is 248 g/mol. The smallest absolute Gasteiger partial charge is 0.128 e. The van der Waals surface area contributed by atoms with Gasteiger partial charge in [-0.05, 0) is 24.8 Å². The van der Waals surface area contributed by atoms with E-state index in [1.165, 1.54) is 42.5 Å². The molecule has 0 radical (unpaired) electrons. The van der Waals surface area contributed by atoms with Gasteiger partial charge in [0.15, 0.2) is 0 Å². The van der Waals surface area contributed by atoms with Crippen LogP contribution in [0.15, 0.2) is 0 Å². The molecule has 0 aliphatic heterocycles. The third kappa shape index (κ3) is 2.07. The Morgan fingerprint density at radius 1 is 1.35 bits per heavy atom. The Morgan fingerprint density at radius 3 is 2.53 bits per heavy atom. The molecule has 1 saturated carbocycles. The zero-order chi connectivity index (χ0) is 12.5. The maximum atomic E-state index is 9.11. The van der Waals surface area contributed by atoms with Crippen LogP contribution in [0, 0.1) is 11.3 Å². The van der Waals surface area contributed by atoms with Crippen LogP contribution >= 0.6 is 11.3 Å². The van der Waals surface area contributed by atoms with Crippen molar-refractivity contribution in [1.29, 1.82) is 5.26 Å². The normalized spacial score (nSPS) is 18.9.